The molecule has 1 aliphatic heterocycles. The van der Waals surface area contributed by atoms with Gasteiger partial charge in [0.1, 0.15) is 5.76 Å². The summed E-state index contributed by atoms with van der Waals surface area (Å²) in [5.74, 6) is 1.27. The molecule has 0 fully saturated rings. The molecule has 1 aromatic heterocycles. The van der Waals surface area contributed by atoms with Crippen molar-refractivity contribution in [3.8, 4) is 0 Å². The summed E-state index contributed by atoms with van der Waals surface area (Å²) in [6, 6.07) is 20.2. The van der Waals surface area contributed by atoms with Crippen molar-refractivity contribution in [3.05, 3.63) is 83.1 Å². The Balaban J connectivity index is 1.62. The highest BCUT2D eigenvalue weighted by Crippen LogP contribution is 2.33. The van der Waals surface area contributed by atoms with Crippen molar-refractivity contribution in [2.45, 2.75) is 19.4 Å². The molecule has 2 amide bonds. The van der Waals surface area contributed by atoms with Crippen molar-refractivity contribution in [1.82, 2.24) is 10.1 Å². The van der Waals surface area contributed by atoms with Crippen LogP contribution >= 0.6 is 0 Å². The number of hydrogen-bond acceptors (Lipinski definition) is 3. The lowest BCUT2D eigenvalue weighted by molar-refractivity contribution is 0.202. The summed E-state index contributed by atoms with van der Waals surface area (Å²) >= 11 is 0. The first-order valence-corrected chi connectivity index (χ1v) is 8.33. The van der Waals surface area contributed by atoms with Crippen LogP contribution in [0.1, 0.15) is 28.4 Å². The lowest BCUT2D eigenvalue weighted by atomic mass is 9.85. The Labute approximate surface area is 146 Å². The second-order valence-corrected chi connectivity index (χ2v) is 6.30. The monoisotopic (exact) mass is 333 g/mol. The highest BCUT2D eigenvalue weighted by Gasteiger charge is 2.29. The number of amides is 2. The van der Waals surface area contributed by atoms with E-state index in [9.17, 15) is 4.79 Å². The molecule has 0 radical (unpaired) electrons. The smallest absolute Gasteiger partial charge is 0.323 e. The summed E-state index contributed by atoms with van der Waals surface area (Å²) in [6.07, 6.45) is 0. The van der Waals surface area contributed by atoms with Gasteiger partial charge in [0.25, 0.3) is 0 Å². The van der Waals surface area contributed by atoms with Gasteiger partial charge in [-0.2, -0.15) is 0 Å². The van der Waals surface area contributed by atoms with E-state index in [0.717, 1.165) is 0 Å². The summed E-state index contributed by atoms with van der Waals surface area (Å²) in [7, 11) is 0. The van der Waals surface area contributed by atoms with Gasteiger partial charge in [0.05, 0.1) is 0 Å². The molecule has 1 atom stereocenters. The maximum Gasteiger partial charge on any atom is 0.323 e. The van der Waals surface area contributed by atoms with Crippen LogP contribution in [0.5, 0.6) is 0 Å². The molecule has 3 aromatic rings. The van der Waals surface area contributed by atoms with E-state index in [0.29, 0.717) is 24.7 Å². The molecular weight excluding hydrogens is 314 g/mol. The van der Waals surface area contributed by atoms with Crippen LogP contribution in [0.2, 0.25) is 0 Å². The third-order valence-electron chi connectivity index (χ3n) is 4.55. The number of urea groups is 1. The Morgan fingerprint density at radius 2 is 1.92 bits per heavy atom. The van der Waals surface area contributed by atoms with Crippen LogP contribution < -0.4 is 5.32 Å². The van der Waals surface area contributed by atoms with Gasteiger partial charge in [-0.3, -0.25) is 5.32 Å². The predicted octanol–water partition coefficient (Wildman–Crippen LogP) is 4.16. The minimum Gasteiger partial charge on any atom is -0.360 e. The van der Waals surface area contributed by atoms with Gasteiger partial charge in [-0.15, -0.1) is 0 Å². The number of rotatable bonds is 2. The molecular formula is C20H19N3O2. The molecule has 1 N–H and O–H groups in total. The summed E-state index contributed by atoms with van der Waals surface area (Å²) in [5.41, 5.74) is 3.67. The second-order valence-electron chi connectivity index (χ2n) is 6.30. The van der Waals surface area contributed by atoms with Crippen molar-refractivity contribution < 1.29 is 9.32 Å². The average Bonchev–Trinajstić information content (AvgIpc) is 3.06. The number of carbonyl (C=O) groups is 1. The lowest BCUT2D eigenvalue weighted by Crippen LogP contribution is -2.41. The molecule has 4 rings (SSSR count). The highest BCUT2D eigenvalue weighted by atomic mass is 16.5. The fourth-order valence-corrected chi connectivity index (χ4v) is 3.35. The fourth-order valence-electron chi connectivity index (χ4n) is 3.35. The van der Waals surface area contributed by atoms with Crippen LogP contribution in [0.15, 0.2) is 65.2 Å². The van der Waals surface area contributed by atoms with Gasteiger partial charge < -0.3 is 9.42 Å². The third kappa shape index (κ3) is 3.13. The Bertz CT molecular complexity index is 889. The van der Waals surface area contributed by atoms with Gasteiger partial charge in [0.15, 0.2) is 5.82 Å². The van der Waals surface area contributed by atoms with E-state index in [2.05, 4.69) is 40.8 Å². The Morgan fingerprint density at radius 3 is 2.68 bits per heavy atom. The third-order valence-corrected chi connectivity index (χ3v) is 4.55. The molecule has 0 unspecified atom stereocenters. The number of hydrogen-bond donors (Lipinski definition) is 1. The summed E-state index contributed by atoms with van der Waals surface area (Å²) in [4.78, 5) is 14.5. The van der Waals surface area contributed by atoms with E-state index in [1.165, 1.54) is 16.7 Å². The molecule has 0 bridgehead atoms. The van der Waals surface area contributed by atoms with Crippen LogP contribution in [0.25, 0.3) is 0 Å². The van der Waals surface area contributed by atoms with Gasteiger partial charge in [-0.05, 0) is 23.6 Å². The van der Waals surface area contributed by atoms with Crippen LogP contribution in [0.3, 0.4) is 0 Å². The number of aromatic nitrogens is 1. The Hall–Kier alpha value is -3.08. The molecule has 2 aromatic carbocycles. The molecule has 1 aliphatic rings. The van der Waals surface area contributed by atoms with Crippen molar-refractivity contribution in [2.75, 3.05) is 11.9 Å². The van der Waals surface area contributed by atoms with Gasteiger partial charge >= 0.3 is 6.03 Å². The molecule has 0 aliphatic carbocycles. The van der Waals surface area contributed by atoms with Crippen LogP contribution in [-0.4, -0.2) is 22.6 Å². The van der Waals surface area contributed by atoms with Crippen LogP contribution in [0.4, 0.5) is 10.6 Å². The standard InChI is InChI=1S/C20H19N3O2/c1-14-11-19(22-25-14)21-20(24)23-12-16-9-5-6-10-17(16)18(13-23)15-7-3-2-4-8-15/h2-11,18H,12-13H2,1H3,(H,21,22,24)/t18-/m1/s1. The van der Waals surface area contributed by atoms with E-state index in [-0.39, 0.29) is 11.9 Å². The Morgan fingerprint density at radius 1 is 1.16 bits per heavy atom. The quantitative estimate of drug-likeness (QED) is 0.766. The zero-order chi connectivity index (χ0) is 17.2. The number of anilines is 1. The number of nitrogens with zero attached hydrogens (tertiary/aromatic N) is 2. The number of fused-ring (bicyclic) bond motifs is 1. The van der Waals surface area contributed by atoms with Gasteiger partial charge in [0.2, 0.25) is 0 Å². The van der Waals surface area contributed by atoms with Crippen molar-refractivity contribution in [3.63, 3.8) is 0 Å². The minimum absolute atomic E-state index is 0.163. The molecule has 5 heteroatoms. The molecule has 25 heavy (non-hydrogen) atoms. The number of carbonyl (C=O) groups excluding carboxylic acids is 1. The number of benzene rings is 2. The van der Waals surface area contributed by atoms with E-state index >= 15 is 0 Å². The van der Waals surface area contributed by atoms with Crippen LogP contribution in [-0.2, 0) is 6.54 Å². The minimum atomic E-state index is -0.163. The zero-order valence-corrected chi connectivity index (χ0v) is 14.0. The van der Waals surface area contributed by atoms with Gasteiger partial charge in [-0.25, -0.2) is 4.79 Å². The lowest BCUT2D eigenvalue weighted by Gasteiger charge is -2.34. The first kappa shape index (κ1) is 15.4. The molecule has 0 spiro atoms. The summed E-state index contributed by atoms with van der Waals surface area (Å²) < 4.78 is 5.02. The highest BCUT2D eigenvalue weighted by molar-refractivity contribution is 5.88. The Kier molecular flexibility index (Phi) is 3.98. The van der Waals surface area contributed by atoms with Crippen molar-refractivity contribution in [2.24, 2.45) is 0 Å². The van der Waals surface area contributed by atoms with Crippen molar-refractivity contribution in [1.29, 1.82) is 0 Å². The van der Waals surface area contributed by atoms with E-state index < -0.39 is 0 Å². The normalized spacial score (nSPS) is 16.4. The second kappa shape index (κ2) is 6.43. The SMILES string of the molecule is Cc1cc(NC(=O)N2Cc3ccccc3[C@@H](c3ccccc3)C2)no1. The van der Waals surface area contributed by atoms with Gasteiger partial charge in [0, 0.05) is 25.1 Å². The van der Waals surface area contributed by atoms with E-state index in [1.54, 1.807) is 13.0 Å². The summed E-state index contributed by atoms with van der Waals surface area (Å²) in [6.45, 7) is 3.01. The maximum absolute atomic E-state index is 12.7. The maximum atomic E-state index is 12.7. The predicted molar refractivity (Wildman–Crippen MR) is 95.4 cm³/mol. The largest absolute Gasteiger partial charge is 0.360 e. The van der Waals surface area contributed by atoms with Gasteiger partial charge in [-0.1, -0.05) is 59.8 Å². The molecule has 126 valence electrons. The number of nitrogens with one attached hydrogen (secondary N) is 1. The summed E-state index contributed by atoms with van der Waals surface area (Å²) in [5, 5.41) is 6.66. The first-order valence-electron chi connectivity index (χ1n) is 8.33. The molecule has 0 saturated heterocycles. The zero-order valence-electron chi connectivity index (χ0n) is 14.0. The first-order chi connectivity index (χ1) is 12.2. The van der Waals surface area contributed by atoms with Crippen LogP contribution in [0, 0.1) is 6.92 Å². The van der Waals surface area contributed by atoms with Crippen molar-refractivity contribution >= 4 is 11.8 Å². The number of aryl methyl sites for hydroxylation is 1. The fraction of sp³-hybridized carbons (Fsp3) is 0.200. The molecule has 2 heterocycles. The topological polar surface area (TPSA) is 58.4 Å². The average molecular weight is 333 g/mol. The van der Waals surface area contributed by atoms with E-state index in [4.69, 9.17) is 4.52 Å². The molecule has 0 saturated carbocycles. The van der Waals surface area contributed by atoms with E-state index in [1.807, 2.05) is 29.2 Å². The molecule has 5 nitrogen and oxygen atoms in total.